The first kappa shape index (κ1) is 20.4. The van der Waals surface area contributed by atoms with E-state index in [1.807, 2.05) is 11.0 Å². The third-order valence-electron chi connectivity index (χ3n) is 6.08. The van der Waals surface area contributed by atoms with E-state index in [9.17, 15) is 14.7 Å². The number of nitrogens with zero attached hydrogens (tertiary/aromatic N) is 3. The topological polar surface area (TPSA) is 64.1 Å². The lowest BCUT2D eigenvalue weighted by Crippen LogP contribution is -2.53. The van der Waals surface area contributed by atoms with Crippen molar-refractivity contribution in [3.8, 4) is 5.75 Å². The molecular formula is C24H29N3O3. The van der Waals surface area contributed by atoms with Crippen LogP contribution in [0.4, 0.5) is 0 Å². The Morgan fingerprint density at radius 1 is 0.900 bits per heavy atom. The summed E-state index contributed by atoms with van der Waals surface area (Å²) in [6.45, 7) is 4.91. The van der Waals surface area contributed by atoms with Gasteiger partial charge in [-0.25, -0.2) is 0 Å². The highest BCUT2D eigenvalue weighted by atomic mass is 16.3. The van der Waals surface area contributed by atoms with Gasteiger partial charge >= 0.3 is 0 Å². The van der Waals surface area contributed by atoms with Gasteiger partial charge in [-0.1, -0.05) is 36.4 Å². The molecule has 1 atom stereocenters. The average Bonchev–Trinajstić information content (AvgIpc) is 2.79. The highest BCUT2D eigenvalue weighted by Crippen LogP contribution is 2.22. The predicted octanol–water partition coefficient (Wildman–Crippen LogP) is 2.59. The number of carbonyl (C=O) groups is 2. The van der Waals surface area contributed by atoms with Crippen molar-refractivity contribution >= 4 is 11.8 Å². The second kappa shape index (κ2) is 9.30. The monoisotopic (exact) mass is 407 g/mol. The largest absolute Gasteiger partial charge is 0.508 e. The zero-order valence-electron chi connectivity index (χ0n) is 17.2. The third-order valence-corrected chi connectivity index (χ3v) is 6.08. The van der Waals surface area contributed by atoms with Gasteiger partial charge in [-0.15, -0.1) is 0 Å². The number of hydrogen-bond donors (Lipinski definition) is 1. The van der Waals surface area contributed by atoms with E-state index in [0.717, 1.165) is 32.5 Å². The number of phenolic OH excluding ortho intramolecular Hbond substituents is 1. The van der Waals surface area contributed by atoms with Gasteiger partial charge in [0.15, 0.2) is 0 Å². The molecule has 2 aliphatic heterocycles. The number of carbonyl (C=O) groups excluding carboxylic acids is 2. The first-order valence-corrected chi connectivity index (χ1v) is 10.7. The van der Waals surface area contributed by atoms with E-state index in [0.29, 0.717) is 31.7 Å². The molecule has 6 heteroatoms. The maximum Gasteiger partial charge on any atom is 0.254 e. The summed E-state index contributed by atoms with van der Waals surface area (Å²) >= 11 is 0. The van der Waals surface area contributed by atoms with Crippen LogP contribution >= 0.6 is 0 Å². The molecular weight excluding hydrogens is 378 g/mol. The molecule has 2 aliphatic rings. The molecule has 0 radical (unpaired) electrons. The smallest absolute Gasteiger partial charge is 0.254 e. The zero-order valence-corrected chi connectivity index (χ0v) is 17.2. The van der Waals surface area contributed by atoms with Crippen LogP contribution in [0.15, 0.2) is 54.6 Å². The van der Waals surface area contributed by atoms with Crippen molar-refractivity contribution in [2.75, 3.05) is 39.3 Å². The molecule has 0 saturated carbocycles. The van der Waals surface area contributed by atoms with Gasteiger partial charge in [0.05, 0.1) is 5.92 Å². The van der Waals surface area contributed by atoms with Crippen molar-refractivity contribution in [1.29, 1.82) is 0 Å². The summed E-state index contributed by atoms with van der Waals surface area (Å²) in [5.41, 5.74) is 1.77. The van der Waals surface area contributed by atoms with Crippen LogP contribution in [0.25, 0.3) is 0 Å². The molecule has 2 heterocycles. The Morgan fingerprint density at radius 3 is 2.37 bits per heavy atom. The molecule has 2 aromatic rings. The van der Waals surface area contributed by atoms with Gasteiger partial charge in [-0.3, -0.25) is 14.5 Å². The number of rotatable bonds is 4. The summed E-state index contributed by atoms with van der Waals surface area (Å²) in [6, 6.07) is 16.8. The van der Waals surface area contributed by atoms with E-state index in [2.05, 4.69) is 29.2 Å². The first-order valence-electron chi connectivity index (χ1n) is 10.7. The van der Waals surface area contributed by atoms with E-state index in [-0.39, 0.29) is 23.5 Å². The predicted molar refractivity (Wildman–Crippen MR) is 115 cm³/mol. The standard InChI is InChI=1S/C24H29N3O3/c28-22-10-4-8-20(16-22)23(29)26-12-14-27(15-13-26)24(30)21-9-5-11-25(18-21)17-19-6-2-1-3-7-19/h1-4,6-8,10,16,21,28H,5,9,11-15,17-18H2. The summed E-state index contributed by atoms with van der Waals surface area (Å²) in [4.78, 5) is 31.8. The lowest BCUT2D eigenvalue weighted by Gasteiger charge is -2.39. The molecule has 2 fully saturated rings. The minimum absolute atomic E-state index is 0.0378. The van der Waals surface area contributed by atoms with Crippen molar-refractivity contribution in [2.24, 2.45) is 5.92 Å². The summed E-state index contributed by atoms with van der Waals surface area (Å²) in [5.74, 6) is 0.254. The quantitative estimate of drug-likeness (QED) is 0.846. The first-order chi connectivity index (χ1) is 14.6. The fourth-order valence-corrected chi connectivity index (χ4v) is 4.45. The molecule has 30 heavy (non-hydrogen) atoms. The number of likely N-dealkylation sites (tertiary alicyclic amines) is 1. The number of hydrogen-bond acceptors (Lipinski definition) is 4. The normalized spacial score (nSPS) is 20.2. The lowest BCUT2D eigenvalue weighted by molar-refractivity contribution is -0.139. The highest BCUT2D eigenvalue weighted by molar-refractivity contribution is 5.94. The Hall–Kier alpha value is -2.86. The molecule has 0 bridgehead atoms. The molecule has 2 amide bonds. The van der Waals surface area contributed by atoms with Gasteiger partial charge in [0, 0.05) is 44.8 Å². The molecule has 0 aromatic heterocycles. The van der Waals surface area contributed by atoms with Crippen molar-refractivity contribution in [3.05, 3.63) is 65.7 Å². The maximum absolute atomic E-state index is 13.1. The molecule has 0 spiro atoms. The van der Waals surface area contributed by atoms with E-state index in [1.165, 1.54) is 11.6 Å². The van der Waals surface area contributed by atoms with E-state index < -0.39 is 0 Å². The number of piperazine rings is 1. The zero-order chi connectivity index (χ0) is 20.9. The van der Waals surface area contributed by atoms with Crippen LogP contribution in [-0.4, -0.2) is 70.9 Å². The van der Waals surface area contributed by atoms with Gasteiger partial charge in [-0.05, 0) is 43.1 Å². The van der Waals surface area contributed by atoms with Crippen LogP contribution in [0.2, 0.25) is 0 Å². The van der Waals surface area contributed by atoms with Crippen molar-refractivity contribution in [2.45, 2.75) is 19.4 Å². The van der Waals surface area contributed by atoms with Crippen molar-refractivity contribution < 1.29 is 14.7 Å². The number of aromatic hydroxyl groups is 1. The Labute approximate surface area is 177 Å². The van der Waals surface area contributed by atoms with Crippen molar-refractivity contribution in [1.82, 2.24) is 14.7 Å². The average molecular weight is 408 g/mol. The molecule has 158 valence electrons. The molecule has 2 aromatic carbocycles. The van der Waals surface area contributed by atoms with Gasteiger partial charge < -0.3 is 14.9 Å². The highest BCUT2D eigenvalue weighted by Gasteiger charge is 2.32. The fraction of sp³-hybridized carbons (Fsp3) is 0.417. The Kier molecular flexibility index (Phi) is 6.33. The van der Waals surface area contributed by atoms with E-state index in [1.54, 1.807) is 23.1 Å². The molecule has 0 aliphatic carbocycles. The summed E-state index contributed by atoms with van der Waals surface area (Å²) in [5, 5.41) is 9.61. The SMILES string of the molecule is O=C(c1cccc(O)c1)N1CCN(C(=O)C2CCCN(Cc3ccccc3)C2)CC1. The van der Waals surface area contributed by atoms with E-state index >= 15 is 0 Å². The van der Waals surface area contributed by atoms with Gasteiger partial charge in [0.25, 0.3) is 5.91 Å². The van der Waals surface area contributed by atoms with Crippen LogP contribution in [0, 0.1) is 5.92 Å². The number of piperidine rings is 1. The molecule has 1 unspecified atom stereocenters. The van der Waals surface area contributed by atoms with Crippen LogP contribution in [-0.2, 0) is 11.3 Å². The number of amides is 2. The molecule has 2 saturated heterocycles. The minimum Gasteiger partial charge on any atom is -0.508 e. The van der Waals surface area contributed by atoms with Gasteiger partial charge in [0.2, 0.25) is 5.91 Å². The summed E-state index contributed by atoms with van der Waals surface area (Å²) < 4.78 is 0. The van der Waals surface area contributed by atoms with Crippen LogP contribution < -0.4 is 0 Å². The van der Waals surface area contributed by atoms with E-state index in [4.69, 9.17) is 0 Å². The number of phenols is 1. The summed E-state index contributed by atoms with van der Waals surface area (Å²) in [7, 11) is 0. The number of benzene rings is 2. The molecule has 4 rings (SSSR count). The van der Waals surface area contributed by atoms with Crippen LogP contribution in [0.5, 0.6) is 5.75 Å². The summed E-state index contributed by atoms with van der Waals surface area (Å²) in [6.07, 6.45) is 1.98. The Bertz CT molecular complexity index is 878. The lowest BCUT2D eigenvalue weighted by atomic mass is 9.95. The fourth-order valence-electron chi connectivity index (χ4n) is 4.45. The van der Waals surface area contributed by atoms with Gasteiger partial charge in [-0.2, -0.15) is 0 Å². The Morgan fingerprint density at radius 2 is 1.63 bits per heavy atom. The molecule has 6 nitrogen and oxygen atoms in total. The van der Waals surface area contributed by atoms with Crippen molar-refractivity contribution in [3.63, 3.8) is 0 Å². The Balaban J connectivity index is 1.30. The second-order valence-corrected chi connectivity index (χ2v) is 8.23. The minimum atomic E-state index is -0.0929. The maximum atomic E-state index is 13.1. The molecule has 1 N–H and O–H groups in total. The third kappa shape index (κ3) is 4.82. The van der Waals surface area contributed by atoms with Gasteiger partial charge in [0.1, 0.15) is 5.75 Å². The second-order valence-electron chi connectivity index (χ2n) is 8.23. The van der Waals surface area contributed by atoms with Crippen LogP contribution in [0.1, 0.15) is 28.8 Å². The van der Waals surface area contributed by atoms with Crippen LogP contribution in [0.3, 0.4) is 0 Å².